The van der Waals surface area contributed by atoms with E-state index >= 15 is 0 Å². The van der Waals surface area contributed by atoms with E-state index < -0.39 is 6.04 Å². The molecule has 2 saturated carbocycles. The summed E-state index contributed by atoms with van der Waals surface area (Å²) in [5.41, 5.74) is 3.61. The fourth-order valence-corrected chi connectivity index (χ4v) is 6.10. The highest BCUT2D eigenvalue weighted by molar-refractivity contribution is 6.10. The first-order valence-corrected chi connectivity index (χ1v) is 11.2. The van der Waals surface area contributed by atoms with Crippen LogP contribution in [0.25, 0.3) is 0 Å². The van der Waals surface area contributed by atoms with E-state index in [1.165, 1.54) is 4.90 Å². The molecule has 0 radical (unpaired) electrons. The second kappa shape index (κ2) is 7.63. The normalized spacial score (nSPS) is 27.5. The monoisotopic (exact) mass is 416 g/mol. The van der Waals surface area contributed by atoms with Crippen LogP contribution >= 0.6 is 0 Å². The standard InChI is InChI=1S/C26H28N2O3/c1-15-7-6-8-16(2)23(15)27-24(29)20(13-17-9-4-3-5-10-17)28-25(30)21-18-11-12-19(14-18)22(21)26(28)31/h3-10,18-22H,11-14H2,1-2H3,(H,27,29)/t18-,19-,20-,21+,22+/m1/s1. The molecule has 2 aromatic carbocycles. The van der Waals surface area contributed by atoms with Gasteiger partial charge in [-0.1, -0.05) is 48.5 Å². The molecule has 2 aromatic rings. The average Bonchev–Trinajstić information content (AvgIpc) is 3.44. The first-order chi connectivity index (χ1) is 15.0. The molecule has 160 valence electrons. The third-order valence-electron chi connectivity index (χ3n) is 7.58. The van der Waals surface area contributed by atoms with E-state index in [1.807, 2.05) is 62.4 Å². The number of imide groups is 1. The van der Waals surface area contributed by atoms with Crippen molar-refractivity contribution in [3.05, 3.63) is 65.2 Å². The van der Waals surface area contributed by atoms with Crippen LogP contribution in [0, 0.1) is 37.5 Å². The number of hydrogen-bond acceptors (Lipinski definition) is 3. The Kier molecular flexibility index (Phi) is 4.92. The number of nitrogens with zero attached hydrogens (tertiary/aromatic N) is 1. The highest BCUT2D eigenvalue weighted by atomic mass is 16.2. The zero-order chi connectivity index (χ0) is 21.7. The first-order valence-electron chi connectivity index (χ1n) is 11.2. The molecule has 1 saturated heterocycles. The summed E-state index contributed by atoms with van der Waals surface area (Å²) in [4.78, 5) is 41.7. The minimum atomic E-state index is -0.841. The Morgan fingerprint density at radius 3 is 2.10 bits per heavy atom. The van der Waals surface area contributed by atoms with Crippen molar-refractivity contribution >= 4 is 23.4 Å². The first kappa shape index (κ1) is 20.0. The van der Waals surface area contributed by atoms with Crippen molar-refractivity contribution in [1.29, 1.82) is 0 Å². The minimum Gasteiger partial charge on any atom is -0.324 e. The largest absolute Gasteiger partial charge is 0.324 e. The van der Waals surface area contributed by atoms with Gasteiger partial charge in [0.2, 0.25) is 17.7 Å². The average molecular weight is 417 g/mol. The SMILES string of the molecule is Cc1cccc(C)c1NC(=O)[C@@H](Cc1ccccc1)N1C(=O)[C@H]2[C@@H]3CC[C@H](C3)[C@@H]2C1=O. The summed E-state index contributed by atoms with van der Waals surface area (Å²) in [5.74, 6) is -0.420. The lowest BCUT2D eigenvalue weighted by Gasteiger charge is -2.27. The Labute approximate surface area is 182 Å². The van der Waals surface area contributed by atoms with Gasteiger partial charge < -0.3 is 5.32 Å². The zero-order valence-corrected chi connectivity index (χ0v) is 18.0. The minimum absolute atomic E-state index is 0.139. The van der Waals surface area contributed by atoms with E-state index in [0.29, 0.717) is 18.3 Å². The maximum Gasteiger partial charge on any atom is 0.248 e. The molecule has 1 aliphatic heterocycles. The molecule has 3 aliphatic rings. The van der Waals surface area contributed by atoms with Gasteiger partial charge in [-0.25, -0.2) is 0 Å². The lowest BCUT2D eigenvalue weighted by Crippen LogP contribution is -2.49. The maximum absolute atomic E-state index is 13.5. The van der Waals surface area contributed by atoms with Crippen LogP contribution in [0.5, 0.6) is 0 Å². The van der Waals surface area contributed by atoms with Gasteiger partial charge in [0.05, 0.1) is 11.8 Å². The van der Waals surface area contributed by atoms with Gasteiger partial charge in [0, 0.05) is 12.1 Å². The van der Waals surface area contributed by atoms with Crippen molar-refractivity contribution in [3.8, 4) is 0 Å². The van der Waals surface area contributed by atoms with E-state index in [9.17, 15) is 14.4 Å². The van der Waals surface area contributed by atoms with Crippen LogP contribution in [0.4, 0.5) is 5.69 Å². The number of aryl methyl sites for hydroxylation is 2. The summed E-state index contributed by atoms with van der Waals surface area (Å²) in [7, 11) is 0. The highest BCUT2D eigenvalue weighted by Gasteiger charge is 2.62. The topological polar surface area (TPSA) is 66.5 Å². The number of amides is 3. The molecular formula is C26H28N2O3. The summed E-state index contributed by atoms with van der Waals surface area (Å²) in [6.07, 6.45) is 3.36. The molecule has 3 fully saturated rings. The van der Waals surface area contributed by atoms with Gasteiger partial charge in [-0.3, -0.25) is 19.3 Å². The van der Waals surface area contributed by atoms with Gasteiger partial charge in [0.1, 0.15) is 6.04 Å². The maximum atomic E-state index is 13.5. The van der Waals surface area contributed by atoms with Gasteiger partial charge in [-0.15, -0.1) is 0 Å². The molecule has 1 N–H and O–H groups in total. The molecule has 5 heteroatoms. The molecule has 2 bridgehead atoms. The number of likely N-dealkylation sites (tertiary alicyclic amines) is 1. The molecule has 2 aliphatic carbocycles. The van der Waals surface area contributed by atoms with E-state index in [1.54, 1.807) is 0 Å². The fraction of sp³-hybridized carbons (Fsp3) is 0.423. The van der Waals surface area contributed by atoms with Crippen LogP contribution < -0.4 is 5.32 Å². The van der Waals surface area contributed by atoms with Gasteiger partial charge in [0.25, 0.3) is 0 Å². The Balaban J connectivity index is 1.48. The van der Waals surface area contributed by atoms with Crippen LogP contribution in [0.15, 0.2) is 48.5 Å². The fourth-order valence-electron chi connectivity index (χ4n) is 6.10. The van der Waals surface area contributed by atoms with Crippen molar-refractivity contribution in [3.63, 3.8) is 0 Å². The van der Waals surface area contributed by atoms with Gasteiger partial charge in [0.15, 0.2) is 0 Å². The number of carbonyl (C=O) groups is 3. The second-order valence-electron chi connectivity index (χ2n) is 9.39. The van der Waals surface area contributed by atoms with E-state index in [-0.39, 0.29) is 29.6 Å². The number of nitrogens with one attached hydrogen (secondary N) is 1. The Bertz CT molecular complexity index is 1000. The summed E-state index contributed by atoms with van der Waals surface area (Å²) in [5, 5.41) is 3.04. The molecule has 5 atom stereocenters. The second-order valence-corrected chi connectivity index (χ2v) is 9.39. The van der Waals surface area contributed by atoms with Gasteiger partial charge in [-0.2, -0.15) is 0 Å². The van der Waals surface area contributed by atoms with E-state index in [2.05, 4.69) is 5.32 Å². The Morgan fingerprint density at radius 1 is 0.935 bits per heavy atom. The molecule has 31 heavy (non-hydrogen) atoms. The Hall–Kier alpha value is -2.95. The lowest BCUT2D eigenvalue weighted by atomic mass is 9.81. The Morgan fingerprint density at radius 2 is 1.52 bits per heavy atom. The number of rotatable bonds is 5. The molecule has 1 heterocycles. The van der Waals surface area contributed by atoms with Crippen molar-refractivity contribution in [2.45, 2.75) is 45.6 Å². The predicted molar refractivity (Wildman–Crippen MR) is 118 cm³/mol. The van der Waals surface area contributed by atoms with Crippen LogP contribution in [-0.4, -0.2) is 28.7 Å². The molecule has 5 rings (SSSR count). The molecule has 0 spiro atoms. The lowest BCUT2D eigenvalue weighted by molar-refractivity contribution is -0.147. The number of para-hydroxylation sites is 1. The van der Waals surface area contributed by atoms with Crippen LogP contribution in [0.1, 0.15) is 36.0 Å². The number of carbonyl (C=O) groups excluding carboxylic acids is 3. The third-order valence-corrected chi connectivity index (χ3v) is 7.58. The van der Waals surface area contributed by atoms with Crippen molar-refractivity contribution in [1.82, 2.24) is 4.90 Å². The molecular weight excluding hydrogens is 388 g/mol. The molecule has 5 nitrogen and oxygen atoms in total. The smallest absolute Gasteiger partial charge is 0.248 e. The van der Waals surface area contributed by atoms with Crippen LogP contribution in [0.3, 0.4) is 0 Å². The quantitative estimate of drug-likeness (QED) is 0.752. The van der Waals surface area contributed by atoms with Gasteiger partial charge >= 0.3 is 0 Å². The predicted octanol–water partition coefficient (Wildman–Crippen LogP) is 3.88. The van der Waals surface area contributed by atoms with Gasteiger partial charge in [-0.05, 0) is 61.6 Å². The molecule has 3 amide bonds. The summed E-state index contributed by atoms with van der Waals surface area (Å²) in [6, 6.07) is 14.6. The number of hydrogen-bond donors (Lipinski definition) is 1. The van der Waals surface area contributed by atoms with Crippen LogP contribution in [0.2, 0.25) is 0 Å². The molecule has 0 aromatic heterocycles. The van der Waals surface area contributed by atoms with Crippen molar-refractivity contribution in [2.24, 2.45) is 23.7 Å². The van der Waals surface area contributed by atoms with E-state index in [0.717, 1.165) is 41.6 Å². The highest BCUT2D eigenvalue weighted by Crippen LogP contribution is 2.56. The van der Waals surface area contributed by atoms with Crippen LogP contribution in [-0.2, 0) is 20.8 Å². The van der Waals surface area contributed by atoms with Crippen molar-refractivity contribution in [2.75, 3.05) is 5.32 Å². The third kappa shape index (κ3) is 3.27. The van der Waals surface area contributed by atoms with E-state index in [4.69, 9.17) is 0 Å². The summed E-state index contributed by atoms with van der Waals surface area (Å²) in [6.45, 7) is 3.89. The van der Waals surface area contributed by atoms with Crippen molar-refractivity contribution < 1.29 is 14.4 Å². The number of anilines is 1. The summed E-state index contributed by atoms with van der Waals surface area (Å²) < 4.78 is 0. The number of benzene rings is 2. The number of fused-ring (bicyclic) bond motifs is 5. The summed E-state index contributed by atoms with van der Waals surface area (Å²) >= 11 is 0. The molecule has 0 unspecified atom stereocenters. The zero-order valence-electron chi connectivity index (χ0n) is 18.0.